The molecule has 4 heteroatoms. The first-order chi connectivity index (χ1) is 9.47. The van der Waals surface area contributed by atoms with Gasteiger partial charge in [-0.15, -0.1) is 0 Å². The summed E-state index contributed by atoms with van der Waals surface area (Å²) in [4.78, 5) is 0. The lowest BCUT2D eigenvalue weighted by molar-refractivity contribution is 0.300. The average Bonchev–Trinajstić information content (AvgIpc) is 2.39. The van der Waals surface area contributed by atoms with E-state index in [0.717, 1.165) is 10.0 Å². The lowest BCUT2D eigenvalue weighted by Gasteiger charge is -2.15. The highest BCUT2D eigenvalue weighted by Gasteiger charge is 2.12. The van der Waals surface area contributed by atoms with E-state index in [1.54, 1.807) is 13.0 Å². The molecule has 0 saturated heterocycles. The first kappa shape index (κ1) is 15.0. The summed E-state index contributed by atoms with van der Waals surface area (Å²) in [5.41, 5.74) is 8.15. The van der Waals surface area contributed by atoms with Crippen molar-refractivity contribution in [3.63, 3.8) is 0 Å². The average molecular weight is 338 g/mol. The third-order valence-electron chi connectivity index (χ3n) is 3.06. The van der Waals surface area contributed by atoms with Gasteiger partial charge >= 0.3 is 0 Å². The number of aryl methyl sites for hydroxylation is 1. The van der Waals surface area contributed by atoms with E-state index >= 15 is 0 Å². The maximum absolute atomic E-state index is 13.6. The molecule has 0 aromatic heterocycles. The van der Waals surface area contributed by atoms with E-state index in [0.29, 0.717) is 23.5 Å². The van der Waals surface area contributed by atoms with Crippen LogP contribution in [0.3, 0.4) is 0 Å². The Morgan fingerprint density at radius 2 is 2.05 bits per heavy atom. The van der Waals surface area contributed by atoms with Gasteiger partial charge in [-0.25, -0.2) is 4.39 Å². The molecule has 2 nitrogen and oxygen atoms in total. The van der Waals surface area contributed by atoms with E-state index in [1.165, 1.54) is 6.07 Å². The van der Waals surface area contributed by atoms with Gasteiger partial charge in [0.05, 0.1) is 0 Å². The van der Waals surface area contributed by atoms with Crippen LogP contribution in [0.2, 0.25) is 0 Å². The van der Waals surface area contributed by atoms with E-state index in [1.807, 2.05) is 31.2 Å². The fraction of sp³-hybridized carbons (Fsp3) is 0.250. The second-order valence-electron chi connectivity index (χ2n) is 4.85. The number of benzene rings is 2. The van der Waals surface area contributed by atoms with Crippen LogP contribution in [0.15, 0.2) is 40.9 Å². The smallest absolute Gasteiger partial charge is 0.126 e. The topological polar surface area (TPSA) is 35.2 Å². The second-order valence-corrected chi connectivity index (χ2v) is 5.76. The molecular weight excluding hydrogens is 321 g/mol. The summed E-state index contributed by atoms with van der Waals surface area (Å²) in [7, 11) is 0. The maximum atomic E-state index is 13.6. The summed E-state index contributed by atoms with van der Waals surface area (Å²) in [5, 5.41) is 0. The third-order valence-corrected chi connectivity index (χ3v) is 3.56. The van der Waals surface area contributed by atoms with Crippen molar-refractivity contribution < 1.29 is 9.13 Å². The van der Waals surface area contributed by atoms with Crippen molar-refractivity contribution in [1.29, 1.82) is 0 Å². The first-order valence-corrected chi connectivity index (χ1v) is 7.19. The molecule has 20 heavy (non-hydrogen) atoms. The molecule has 0 spiro atoms. The lowest BCUT2D eigenvalue weighted by atomic mass is 10.1. The SMILES string of the molecule is Cc1cc(OCc2cccc(Br)c2)c([C@@H](C)N)cc1F. The van der Waals surface area contributed by atoms with E-state index in [2.05, 4.69) is 15.9 Å². The van der Waals surface area contributed by atoms with Crippen molar-refractivity contribution in [3.05, 3.63) is 63.4 Å². The van der Waals surface area contributed by atoms with Crippen molar-refractivity contribution in [3.8, 4) is 5.75 Å². The van der Waals surface area contributed by atoms with Gasteiger partial charge in [-0.1, -0.05) is 28.1 Å². The molecule has 0 saturated carbocycles. The van der Waals surface area contributed by atoms with Gasteiger partial charge in [0.2, 0.25) is 0 Å². The molecule has 0 fully saturated rings. The minimum atomic E-state index is -0.275. The van der Waals surface area contributed by atoms with Crippen LogP contribution >= 0.6 is 15.9 Å². The lowest BCUT2D eigenvalue weighted by Crippen LogP contribution is -2.09. The predicted octanol–water partition coefficient (Wildman–Crippen LogP) is 4.50. The fourth-order valence-corrected chi connectivity index (χ4v) is 2.39. The summed E-state index contributed by atoms with van der Waals surface area (Å²) >= 11 is 3.42. The largest absolute Gasteiger partial charge is 0.489 e. The van der Waals surface area contributed by atoms with Gasteiger partial charge in [0.1, 0.15) is 18.2 Å². The van der Waals surface area contributed by atoms with E-state index in [4.69, 9.17) is 10.5 Å². The van der Waals surface area contributed by atoms with E-state index in [9.17, 15) is 4.39 Å². The number of hydrogen-bond acceptors (Lipinski definition) is 2. The number of halogens is 2. The number of nitrogens with two attached hydrogens (primary N) is 1. The normalized spacial score (nSPS) is 12.2. The van der Waals surface area contributed by atoms with Crippen molar-refractivity contribution >= 4 is 15.9 Å². The van der Waals surface area contributed by atoms with Crippen molar-refractivity contribution in [1.82, 2.24) is 0 Å². The minimum absolute atomic E-state index is 0.257. The molecule has 2 aromatic carbocycles. The van der Waals surface area contributed by atoms with E-state index < -0.39 is 0 Å². The minimum Gasteiger partial charge on any atom is -0.489 e. The second kappa shape index (κ2) is 6.37. The van der Waals surface area contributed by atoms with Crippen molar-refractivity contribution in [2.75, 3.05) is 0 Å². The molecular formula is C16H17BrFNO. The zero-order valence-corrected chi connectivity index (χ0v) is 13.1. The van der Waals surface area contributed by atoms with Crippen LogP contribution in [0.4, 0.5) is 4.39 Å². The standard InChI is InChI=1S/C16H17BrFNO/c1-10-6-16(14(11(2)19)8-15(10)18)20-9-12-4-3-5-13(17)7-12/h3-8,11H,9,19H2,1-2H3/t11-/m1/s1. The Bertz CT molecular complexity index is 613. The van der Waals surface area contributed by atoms with Gasteiger partial charge in [-0.2, -0.15) is 0 Å². The summed E-state index contributed by atoms with van der Waals surface area (Å²) < 4.78 is 20.4. The molecule has 0 amide bonds. The third kappa shape index (κ3) is 3.58. The molecule has 0 aliphatic heterocycles. The highest BCUT2D eigenvalue weighted by Crippen LogP contribution is 2.28. The zero-order valence-electron chi connectivity index (χ0n) is 11.5. The number of hydrogen-bond donors (Lipinski definition) is 1. The molecule has 0 unspecified atom stereocenters. The molecule has 0 bridgehead atoms. The Balaban J connectivity index is 2.22. The molecule has 0 radical (unpaired) electrons. The quantitative estimate of drug-likeness (QED) is 0.891. The Morgan fingerprint density at radius 1 is 1.30 bits per heavy atom. The molecule has 0 heterocycles. The highest BCUT2D eigenvalue weighted by atomic mass is 79.9. The van der Waals surface area contributed by atoms with Crippen LogP contribution in [-0.4, -0.2) is 0 Å². The zero-order chi connectivity index (χ0) is 14.7. The highest BCUT2D eigenvalue weighted by molar-refractivity contribution is 9.10. The fourth-order valence-electron chi connectivity index (χ4n) is 1.94. The van der Waals surface area contributed by atoms with Crippen LogP contribution in [0, 0.1) is 12.7 Å². The van der Waals surface area contributed by atoms with Gasteiger partial charge in [-0.3, -0.25) is 0 Å². The molecule has 106 valence electrons. The Kier molecular flexibility index (Phi) is 4.78. The van der Waals surface area contributed by atoms with Crippen LogP contribution in [0.5, 0.6) is 5.75 Å². The van der Waals surface area contributed by atoms with Gasteiger partial charge < -0.3 is 10.5 Å². The number of ether oxygens (including phenoxy) is 1. The molecule has 2 N–H and O–H groups in total. The Hall–Kier alpha value is -1.39. The maximum Gasteiger partial charge on any atom is 0.126 e. The summed E-state index contributed by atoms with van der Waals surface area (Å²) in [5.74, 6) is 0.381. The monoisotopic (exact) mass is 337 g/mol. The molecule has 0 aliphatic rings. The molecule has 2 aromatic rings. The van der Waals surface area contributed by atoms with Gasteiger partial charge in [-0.05, 0) is 49.2 Å². The van der Waals surface area contributed by atoms with Crippen LogP contribution in [-0.2, 0) is 6.61 Å². The predicted molar refractivity (Wildman–Crippen MR) is 82.2 cm³/mol. The number of rotatable bonds is 4. The Morgan fingerprint density at radius 3 is 2.70 bits per heavy atom. The van der Waals surface area contributed by atoms with Crippen LogP contribution in [0.1, 0.15) is 29.7 Å². The van der Waals surface area contributed by atoms with Crippen molar-refractivity contribution in [2.45, 2.75) is 26.5 Å². The molecule has 0 aliphatic carbocycles. The van der Waals surface area contributed by atoms with Gasteiger partial charge in [0, 0.05) is 16.1 Å². The molecule has 2 rings (SSSR count). The van der Waals surface area contributed by atoms with Crippen molar-refractivity contribution in [2.24, 2.45) is 5.73 Å². The van der Waals surface area contributed by atoms with Gasteiger partial charge in [0.15, 0.2) is 0 Å². The Labute approximate surface area is 126 Å². The summed E-state index contributed by atoms with van der Waals surface area (Å²) in [6.07, 6.45) is 0. The first-order valence-electron chi connectivity index (χ1n) is 6.40. The summed E-state index contributed by atoms with van der Waals surface area (Å²) in [6.45, 7) is 3.95. The van der Waals surface area contributed by atoms with E-state index in [-0.39, 0.29) is 11.9 Å². The van der Waals surface area contributed by atoms with Crippen LogP contribution in [0.25, 0.3) is 0 Å². The van der Waals surface area contributed by atoms with Gasteiger partial charge in [0.25, 0.3) is 0 Å². The summed E-state index contributed by atoms with van der Waals surface area (Å²) in [6, 6.07) is 10.8. The molecule has 1 atom stereocenters. The van der Waals surface area contributed by atoms with Crippen LogP contribution < -0.4 is 10.5 Å².